The largest absolute Gasteiger partial charge is 0.393 e. The first-order valence-electron chi connectivity index (χ1n) is 4.53. The molecular weight excluding hydrogens is 136 g/mol. The fraction of sp³-hybridized carbons (Fsp3) is 0.900. The minimum atomic E-state index is -0.127. The molecule has 0 spiro atoms. The molecule has 0 aliphatic heterocycles. The Hall–Kier alpha value is -0.0400. The number of aliphatic hydroxyl groups excluding tert-OH is 1. The van der Waals surface area contributed by atoms with E-state index in [9.17, 15) is 5.11 Å². The molecule has 67 valence electrons. The van der Waals surface area contributed by atoms with E-state index < -0.39 is 0 Å². The van der Waals surface area contributed by atoms with Gasteiger partial charge in [-0.25, -0.2) is 0 Å². The Morgan fingerprint density at radius 1 is 1.18 bits per heavy atom. The molecule has 0 saturated heterocycles. The van der Waals surface area contributed by atoms with Gasteiger partial charge in [0.05, 0.1) is 6.10 Å². The van der Waals surface area contributed by atoms with Gasteiger partial charge in [-0.3, -0.25) is 0 Å². The third-order valence-corrected chi connectivity index (χ3v) is 1.62. The molecule has 0 aromatic heterocycles. The van der Waals surface area contributed by atoms with Crippen LogP contribution in [-0.2, 0) is 0 Å². The van der Waals surface area contributed by atoms with Gasteiger partial charge in [0.15, 0.2) is 0 Å². The molecule has 0 aliphatic carbocycles. The van der Waals surface area contributed by atoms with Gasteiger partial charge in [0, 0.05) is 0 Å². The molecule has 11 heavy (non-hydrogen) atoms. The number of aliphatic hydroxyl groups is 1. The van der Waals surface area contributed by atoms with Gasteiger partial charge in [0.1, 0.15) is 0 Å². The summed E-state index contributed by atoms with van der Waals surface area (Å²) >= 11 is 0. The lowest BCUT2D eigenvalue weighted by Gasteiger charge is -2.13. The Kier molecular flexibility index (Phi) is 5.57. The van der Waals surface area contributed by atoms with Gasteiger partial charge in [-0.05, 0) is 31.1 Å². The zero-order chi connectivity index (χ0) is 8.85. The van der Waals surface area contributed by atoms with Crippen molar-refractivity contribution >= 4 is 0 Å². The van der Waals surface area contributed by atoms with Gasteiger partial charge in [-0.15, -0.1) is 0 Å². The molecule has 0 fully saturated rings. The van der Waals surface area contributed by atoms with Crippen LogP contribution in [0.3, 0.4) is 0 Å². The van der Waals surface area contributed by atoms with Crippen molar-refractivity contribution in [3.8, 4) is 0 Å². The Labute approximate surface area is 70.8 Å². The van der Waals surface area contributed by atoms with Gasteiger partial charge in [0.25, 0.3) is 0 Å². The molecule has 1 N–H and O–H groups in total. The minimum Gasteiger partial charge on any atom is -0.393 e. The first-order valence-corrected chi connectivity index (χ1v) is 4.53. The van der Waals surface area contributed by atoms with Crippen molar-refractivity contribution in [3.05, 3.63) is 6.42 Å². The third kappa shape index (κ3) is 7.86. The van der Waals surface area contributed by atoms with E-state index in [0.29, 0.717) is 11.8 Å². The van der Waals surface area contributed by atoms with E-state index in [1.54, 1.807) is 0 Å². The lowest BCUT2D eigenvalue weighted by atomic mass is 9.99. The maximum atomic E-state index is 9.44. The molecule has 0 aromatic rings. The van der Waals surface area contributed by atoms with Crippen LogP contribution < -0.4 is 0 Å². The van der Waals surface area contributed by atoms with Crippen LogP contribution >= 0.6 is 0 Å². The highest BCUT2D eigenvalue weighted by Crippen LogP contribution is 2.11. The highest BCUT2D eigenvalue weighted by atomic mass is 16.3. The van der Waals surface area contributed by atoms with Crippen molar-refractivity contribution < 1.29 is 5.11 Å². The quantitative estimate of drug-likeness (QED) is 0.650. The maximum absolute atomic E-state index is 9.44. The van der Waals surface area contributed by atoms with Crippen molar-refractivity contribution in [1.82, 2.24) is 0 Å². The van der Waals surface area contributed by atoms with E-state index in [0.717, 1.165) is 12.8 Å². The summed E-state index contributed by atoms with van der Waals surface area (Å²) in [7, 11) is 0. The van der Waals surface area contributed by atoms with Crippen molar-refractivity contribution in [3.63, 3.8) is 0 Å². The van der Waals surface area contributed by atoms with E-state index in [2.05, 4.69) is 34.1 Å². The maximum Gasteiger partial charge on any atom is 0.0545 e. The molecule has 0 heterocycles. The first-order chi connectivity index (χ1) is 5.02. The van der Waals surface area contributed by atoms with Crippen molar-refractivity contribution in [2.75, 3.05) is 0 Å². The predicted molar refractivity (Wildman–Crippen MR) is 49.2 cm³/mol. The monoisotopic (exact) mass is 157 g/mol. The van der Waals surface area contributed by atoms with Gasteiger partial charge >= 0.3 is 0 Å². The van der Waals surface area contributed by atoms with E-state index in [1.807, 2.05) is 0 Å². The second-order valence-electron chi connectivity index (χ2n) is 4.00. The van der Waals surface area contributed by atoms with E-state index in [1.165, 1.54) is 0 Å². The second kappa shape index (κ2) is 5.59. The Morgan fingerprint density at radius 3 is 2.09 bits per heavy atom. The molecule has 1 radical (unpaired) electrons. The second-order valence-corrected chi connectivity index (χ2v) is 4.00. The Morgan fingerprint density at radius 2 is 1.73 bits per heavy atom. The van der Waals surface area contributed by atoms with Crippen LogP contribution in [0.15, 0.2) is 0 Å². The summed E-state index contributed by atoms with van der Waals surface area (Å²) < 4.78 is 0. The fourth-order valence-electron chi connectivity index (χ4n) is 1.07. The summed E-state index contributed by atoms with van der Waals surface area (Å²) in [6.45, 7) is 8.56. The normalized spacial score (nSPS) is 14.5. The lowest BCUT2D eigenvalue weighted by Crippen LogP contribution is -2.11. The molecule has 1 nitrogen and oxygen atoms in total. The molecule has 0 amide bonds. The van der Waals surface area contributed by atoms with Crippen LogP contribution in [0.4, 0.5) is 0 Å². The molecule has 1 atom stereocenters. The van der Waals surface area contributed by atoms with Crippen LogP contribution in [0.25, 0.3) is 0 Å². The van der Waals surface area contributed by atoms with E-state index in [4.69, 9.17) is 0 Å². The molecular formula is C10H21O. The molecule has 0 aromatic carbocycles. The zero-order valence-corrected chi connectivity index (χ0v) is 8.17. The van der Waals surface area contributed by atoms with Gasteiger partial charge in [0.2, 0.25) is 0 Å². The van der Waals surface area contributed by atoms with Crippen molar-refractivity contribution in [2.24, 2.45) is 11.8 Å². The molecule has 1 heteroatoms. The summed E-state index contributed by atoms with van der Waals surface area (Å²) in [5.41, 5.74) is 0. The standard InChI is InChI=1S/C10H21O/c1-8(2)5-6-10(11)7-9(3)4/h5,8-11H,6-7H2,1-4H3. The third-order valence-electron chi connectivity index (χ3n) is 1.62. The Bertz CT molecular complexity index is 86.9. The van der Waals surface area contributed by atoms with E-state index in [-0.39, 0.29) is 6.10 Å². The van der Waals surface area contributed by atoms with Gasteiger partial charge in [-0.1, -0.05) is 27.7 Å². The highest BCUT2D eigenvalue weighted by molar-refractivity contribution is 4.73. The van der Waals surface area contributed by atoms with Crippen molar-refractivity contribution in [2.45, 2.75) is 46.6 Å². The summed E-state index contributed by atoms with van der Waals surface area (Å²) in [5.74, 6) is 1.20. The average Bonchev–Trinajstić information content (AvgIpc) is 1.82. The average molecular weight is 157 g/mol. The number of rotatable bonds is 5. The number of hydrogen-bond donors (Lipinski definition) is 1. The van der Waals surface area contributed by atoms with Gasteiger partial charge < -0.3 is 5.11 Å². The molecule has 0 saturated carbocycles. The van der Waals surface area contributed by atoms with Crippen LogP contribution in [0.1, 0.15) is 40.5 Å². The van der Waals surface area contributed by atoms with Crippen LogP contribution in [0.2, 0.25) is 0 Å². The molecule has 0 bridgehead atoms. The summed E-state index contributed by atoms with van der Waals surface area (Å²) in [4.78, 5) is 0. The van der Waals surface area contributed by atoms with Crippen molar-refractivity contribution in [1.29, 1.82) is 0 Å². The zero-order valence-electron chi connectivity index (χ0n) is 8.17. The smallest absolute Gasteiger partial charge is 0.0545 e. The summed E-state index contributed by atoms with van der Waals surface area (Å²) in [5, 5.41) is 9.44. The fourth-order valence-corrected chi connectivity index (χ4v) is 1.07. The first kappa shape index (κ1) is 11.0. The molecule has 1 unspecified atom stereocenters. The number of hydrogen-bond acceptors (Lipinski definition) is 1. The van der Waals surface area contributed by atoms with Crippen LogP contribution in [0.5, 0.6) is 0 Å². The predicted octanol–water partition coefficient (Wildman–Crippen LogP) is 2.64. The minimum absolute atomic E-state index is 0.127. The SMILES string of the molecule is CC(C)[CH]CC(O)CC(C)C. The Balaban J connectivity index is 3.29. The van der Waals surface area contributed by atoms with E-state index >= 15 is 0 Å². The van der Waals surface area contributed by atoms with Gasteiger partial charge in [-0.2, -0.15) is 0 Å². The molecule has 0 aliphatic rings. The summed E-state index contributed by atoms with van der Waals surface area (Å²) in [6, 6.07) is 0. The van der Waals surface area contributed by atoms with Crippen LogP contribution in [-0.4, -0.2) is 11.2 Å². The topological polar surface area (TPSA) is 20.2 Å². The summed E-state index contributed by atoms with van der Waals surface area (Å²) in [6.07, 6.45) is 3.81. The molecule has 0 rings (SSSR count). The lowest BCUT2D eigenvalue weighted by molar-refractivity contribution is 0.145. The van der Waals surface area contributed by atoms with Crippen LogP contribution in [0, 0.1) is 18.3 Å². The highest BCUT2D eigenvalue weighted by Gasteiger charge is 2.07.